The van der Waals surface area contributed by atoms with Gasteiger partial charge in [0.25, 0.3) is 5.91 Å². The fourth-order valence-electron chi connectivity index (χ4n) is 2.17. The smallest absolute Gasteiger partial charge is 0.257 e. The van der Waals surface area contributed by atoms with Gasteiger partial charge in [-0.1, -0.05) is 29.3 Å². The molecule has 0 atom stereocenters. The molecule has 0 aliphatic rings. The molecule has 1 amide bonds. The van der Waals surface area contributed by atoms with Gasteiger partial charge in [0.1, 0.15) is 0 Å². The SMILES string of the molecule is O=C(Nc1c(Cl)cccc1Cl)c1cncc(NCc2ccncc2)c1. The Kier molecular flexibility index (Phi) is 5.48. The Hall–Kier alpha value is -2.63. The van der Waals surface area contributed by atoms with E-state index in [1.54, 1.807) is 42.9 Å². The molecule has 3 rings (SSSR count). The molecule has 0 spiro atoms. The Balaban J connectivity index is 1.71. The van der Waals surface area contributed by atoms with Gasteiger partial charge in [0.2, 0.25) is 0 Å². The van der Waals surface area contributed by atoms with Crippen LogP contribution in [0.25, 0.3) is 0 Å². The number of hydrogen-bond donors (Lipinski definition) is 2. The first kappa shape index (κ1) is 17.2. The highest BCUT2D eigenvalue weighted by Crippen LogP contribution is 2.30. The van der Waals surface area contributed by atoms with Gasteiger partial charge in [0, 0.05) is 31.3 Å². The third-order valence-electron chi connectivity index (χ3n) is 3.45. The van der Waals surface area contributed by atoms with Crippen molar-refractivity contribution in [2.75, 3.05) is 10.6 Å². The number of halogens is 2. The zero-order valence-corrected chi connectivity index (χ0v) is 14.6. The number of benzene rings is 1. The number of para-hydroxylation sites is 1. The summed E-state index contributed by atoms with van der Waals surface area (Å²) in [4.78, 5) is 20.5. The number of amides is 1. The molecular weight excluding hydrogens is 359 g/mol. The number of hydrogen-bond acceptors (Lipinski definition) is 4. The number of rotatable bonds is 5. The van der Waals surface area contributed by atoms with Crippen molar-refractivity contribution in [2.45, 2.75) is 6.54 Å². The molecule has 0 saturated carbocycles. The van der Waals surface area contributed by atoms with E-state index in [1.807, 2.05) is 12.1 Å². The summed E-state index contributed by atoms with van der Waals surface area (Å²) >= 11 is 12.2. The Labute approximate surface area is 155 Å². The third kappa shape index (κ3) is 4.47. The van der Waals surface area contributed by atoms with Crippen molar-refractivity contribution in [3.63, 3.8) is 0 Å². The molecule has 25 heavy (non-hydrogen) atoms. The number of anilines is 2. The maximum Gasteiger partial charge on any atom is 0.257 e. The molecule has 5 nitrogen and oxygen atoms in total. The van der Waals surface area contributed by atoms with Crippen LogP contribution in [-0.2, 0) is 6.54 Å². The van der Waals surface area contributed by atoms with Crippen molar-refractivity contribution in [1.29, 1.82) is 0 Å². The van der Waals surface area contributed by atoms with E-state index in [0.717, 1.165) is 11.3 Å². The van der Waals surface area contributed by atoms with Gasteiger partial charge in [-0.3, -0.25) is 14.8 Å². The van der Waals surface area contributed by atoms with E-state index in [1.165, 1.54) is 6.20 Å². The van der Waals surface area contributed by atoms with E-state index in [9.17, 15) is 4.79 Å². The zero-order chi connectivity index (χ0) is 17.6. The fraction of sp³-hybridized carbons (Fsp3) is 0.0556. The molecule has 7 heteroatoms. The number of carbonyl (C=O) groups excluding carboxylic acids is 1. The highest BCUT2D eigenvalue weighted by Gasteiger charge is 2.12. The van der Waals surface area contributed by atoms with E-state index in [2.05, 4.69) is 20.6 Å². The molecule has 0 fully saturated rings. The van der Waals surface area contributed by atoms with Crippen molar-refractivity contribution < 1.29 is 4.79 Å². The quantitative estimate of drug-likeness (QED) is 0.683. The summed E-state index contributed by atoms with van der Waals surface area (Å²) in [5, 5.41) is 6.69. The van der Waals surface area contributed by atoms with Crippen LogP contribution in [-0.4, -0.2) is 15.9 Å². The molecule has 126 valence electrons. The van der Waals surface area contributed by atoms with Gasteiger partial charge < -0.3 is 10.6 Å². The molecule has 2 aromatic heterocycles. The topological polar surface area (TPSA) is 66.9 Å². The van der Waals surface area contributed by atoms with Crippen LogP contribution in [0.1, 0.15) is 15.9 Å². The van der Waals surface area contributed by atoms with Gasteiger partial charge in [-0.05, 0) is 35.9 Å². The summed E-state index contributed by atoms with van der Waals surface area (Å²) in [6.07, 6.45) is 6.59. The number of nitrogens with one attached hydrogen (secondary N) is 2. The number of carbonyl (C=O) groups is 1. The summed E-state index contributed by atoms with van der Waals surface area (Å²) in [6, 6.07) is 10.6. The van der Waals surface area contributed by atoms with Crippen LogP contribution in [0.5, 0.6) is 0 Å². The average Bonchev–Trinajstić information content (AvgIpc) is 2.64. The second-order valence-corrected chi connectivity index (χ2v) is 6.04. The van der Waals surface area contributed by atoms with Crippen molar-refractivity contribution >= 4 is 40.5 Å². The van der Waals surface area contributed by atoms with E-state index < -0.39 is 0 Å². The van der Waals surface area contributed by atoms with Crippen molar-refractivity contribution in [1.82, 2.24) is 9.97 Å². The Bertz CT molecular complexity index is 867. The summed E-state index contributed by atoms with van der Waals surface area (Å²) < 4.78 is 0. The second kappa shape index (κ2) is 7.96. The first-order valence-corrected chi connectivity index (χ1v) is 8.22. The molecule has 3 aromatic rings. The minimum atomic E-state index is -0.338. The van der Waals surface area contributed by atoms with Gasteiger partial charge in [-0.15, -0.1) is 0 Å². The van der Waals surface area contributed by atoms with Crippen LogP contribution in [0.3, 0.4) is 0 Å². The van der Waals surface area contributed by atoms with E-state index in [4.69, 9.17) is 23.2 Å². The summed E-state index contributed by atoms with van der Waals surface area (Å²) in [5.41, 5.74) is 2.59. The monoisotopic (exact) mass is 372 g/mol. The number of pyridine rings is 2. The zero-order valence-electron chi connectivity index (χ0n) is 13.0. The first-order valence-electron chi connectivity index (χ1n) is 7.46. The highest BCUT2D eigenvalue weighted by atomic mass is 35.5. The molecule has 2 N–H and O–H groups in total. The summed E-state index contributed by atoms with van der Waals surface area (Å²) in [7, 11) is 0. The average molecular weight is 373 g/mol. The standard InChI is InChI=1S/C18H14Cl2N4O/c19-15-2-1-3-16(20)17(15)24-18(25)13-8-14(11-22-10-13)23-9-12-4-6-21-7-5-12/h1-8,10-11,23H,9H2,(H,24,25). The predicted molar refractivity (Wildman–Crippen MR) is 100 cm³/mol. The van der Waals surface area contributed by atoms with Crippen LogP contribution >= 0.6 is 23.2 Å². The van der Waals surface area contributed by atoms with Crippen LogP contribution < -0.4 is 10.6 Å². The van der Waals surface area contributed by atoms with Gasteiger partial charge in [-0.25, -0.2) is 0 Å². The van der Waals surface area contributed by atoms with Crippen LogP contribution in [0.2, 0.25) is 10.0 Å². The summed E-state index contributed by atoms with van der Waals surface area (Å²) in [6.45, 7) is 0.603. The van der Waals surface area contributed by atoms with Gasteiger partial charge in [0.05, 0.1) is 27.0 Å². The first-order chi connectivity index (χ1) is 12.1. The lowest BCUT2D eigenvalue weighted by molar-refractivity contribution is 0.102. The molecule has 0 unspecified atom stereocenters. The number of aromatic nitrogens is 2. The third-order valence-corrected chi connectivity index (χ3v) is 4.08. The molecule has 0 saturated heterocycles. The predicted octanol–water partition coefficient (Wildman–Crippen LogP) is 4.65. The molecule has 0 aliphatic heterocycles. The lowest BCUT2D eigenvalue weighted by Gasteiger charge is -2.10. The van der Waals surface area contributed by atoms with Gasteiger partial charge >= 0.3 is 0 Å². The van der Waals surface area contributed by atoms with E-state index in [0.29, 0.717) is 27.8 Å². The molecule has 0 bridgehead atoms. The maximum absolute atomic E-state index is 12.4. The minimum Gasteiger partial charge on any atom is -0.380 e. The van der Waals surface area contributed by atoms with Crippen molar-refractivity contribution in [3.8, 4) is 0 Å². The lowest BCUT2D eigenvalue weighted by Crippen LogP contribution is -2.13. The minimum absolute atomic E-state index is 0.338. The van der Waals surface area contributed by atoms with Crippen LogP contribution in [0.4, 0.5) is 11.4 Å². The van der Waals surface area contributed by atoms with Gasteiger partial charge in [0.15, 0.2) is 0 Å². The molecule has 1 aromatic carbocycles. The molecular formula is C18H14Cl2N4O. The van der Waals surface area contributed by atoms with Gasteiger partial charge in [-0.2, -0.15) is 0 Å². The van der Waals surface area contributed by atoms with Crippen LogP contribution in [0.15, 0.2) is 61.2 Å². The fourth-order valence-corrected chi connectivity index (χ4v) is 2.66. The highest BCUT2D eigenvalue weighted by molar-refractivity contribution is 6.40. The Morgan fingerprint density at radius 2 is 1.72 bits per heavy atom. The maximum atomic E-state index is 12.4. The Morgan fingerprint density at radius 3 is 2.44 bits per heavy atom. The normalized spacial score (nSPS) is 10.3. The van der Waals surface area contributed by atoms with Crippen LogP contribution in [0, 0.1) is 0 Å². The molecule has 0 radical (unpaired) electrons. The summed E-state index contributed by atoms with van der Waals surface area (Å²) in [5.74, 6) is -0.338. The second-order valence-electron chi connectivity index (χ2n) is 5.22. The Morgan fingerprint density at radius 1 is 1.00 bits per heavy atom. The number of nitrogens with zero attached hydrogens (tertiary/aromatic N) is 2. The van der Waals surface area contributed by atoms with Crippen molar-refractivity contribution in [2.24, 2.45) is 0 Å². The lowest BCUT2D eigenvalue weighted by atomic mass is 10.2. The molecule has 0 aliphatic carbocycles. The van der Waals surface area contributed by atoms with E-state index >= 15 is 0 Å². The van der Waals surface area contributed by atoms with E-state index in [-0.39, 0.29) is 5.91 Å². The largest absolute Gasteiger partial charge is 0.380 e. The molecule has 2 heterocycles. The van der Waals surface area contributed by atoms with Crippen molar-refractivity contribution in [3.05, 3.63) is 82.4 Å².